The summed E-state index contributed by atoms with van der Waals surface area (Å²) in [6, 6.07) is 31.6. The van der Waals surface area contributed by atoms with Crippen molar-refractivity contribution in [2.45, 2.75) is 179 Å². The third-order valence-electron chi connectivity index (χ3n) is 12.1. The van der Waals surface area contributed by atoms with Gasteiger partial charge in [0.25, 0.3) is 17.1 Å². The average Bonchev–Trinajstić information content (AvgIpc) is 0.947. The van der Waals surface area contributed by atoms with Gasteiger partial charge in [0, 0.05) is 97.8 Å². The second-order valence-corrected chi connectivity index (χ2v) is 26.2. The molecule has 5 aromatic rings. The van der Waals surface area contributed by atoms with E-state index >= 15 is 0 Å². The number of nitrogens with zero attached hydrogens (tertiary/aromatic N) is 7. The van der Waals surface area contributed by atoms with Gasteiger partial charge in [-0.2, -0.15) is 4.36 Å². The second kappa shape index (κ2) is 47.0. The zero-order valence-corrected chi connectivity index (χ0v) is 61.8. The van der Waals surface area contributed by atoms with Crippen molar-refractivity contribution in [1.29, 1.82) is 0 Å². The van der Waals surface area contributed by atoms with E-state index in [2.05, 4.69) is 55.1 Å². The molecule has 27 nitrogen and oxygen atoms in total. The number of nitrogen functional groups attached to an aromatic ring is 1. The Balaban J connectivity index is 0.00000120. The quantitative estimate of drug-likeness (QED) is 0.0125. The summed E-state index contributed by atoms with van der Waals surface area (Å²) < 4.78 is 54.1. The molecule has 5 rings (SSSR count). The molecule has 0 radical (unpaired) electrons. The van der Waals surface area contributed by atoms with Gasteiger partial charge < -0.3 is 69.3 Å². The third kappa shape index (κ3) is 44.5. The molecule has 29 heteroatoms. The molecule has 552 valence electrons. The number of halogens is 1. The van der Waals surface area contributed by atoms with E-state index in [0.717, 1.165) is 48.0 Å². The van der Waals surface area contributed by atoms with E-state index in [1.807, 2.05) is 116 Å². The first kappa shape index (κ1) is 89.9. The van der Waals surface area contributed by atoms with Crippen LogP contribution in [0.5, 0.6) is 23.0 Å². The van der Waals surface area contributed by atoms with Crippen molar-refractivity contribution in [2.24, 2.45) is 4.36 Å². The van der Waals surface area contributed by atoms with Crippen LogP contribution < -0.4 is 35.3 Å². The molecule has 0 aromatic heterocycles. The summed E-state index contributed by atoms with van der Waals surface area (Å²) in [5.41, 5.74) is 5.47. The number of anilines is 1. The molecule has 5 aromatic carbocycles. The van der Waals surface area contributed by atoms with Crippen LogP contribution in [-0.4, -0.2) is 166 Å². The fourth-order valence-corrected chi connectivity index (χ4v) is 7.48. The molecule has 0 heterocycles. The van der Waals surface area contributed by atoms with Crippen molar-refractivity contribution in [3.63, 3.8) is 0 Å². The molecule has 0 aliphatic carbocycles. The van der Waals surface area contributed by atoms with Gasteiger partial charge in [0.05, 0.1) is 46.7 Å². The number of hydrogen-bond donors (Lipinski definition) is 4. The minimum Gasteiger partial charge on any atom is -0.492 e. The molecular weight excluding hydrogens is 1300 g/mol. The Labute approximate surface area is 588 Å². The van der Waals surface area contributed by atoms with Crippen LogP contribution in [0.1, 0.15) is 132 Å². The number of aliphatic hydroxyl groups is 1. The van der Waals surface area contributed by atoms with Crippen molar-refractivity contribution in [3.05, 3.63) is 157 Å². The maximum absolute atomic E-state index is 12.2. The average molecular weight is 1410 g/mol. The molecule has 0 saturated carbocycles. The summed E-state index contributed by atoms with van der Waals surface area (Å²) >= 11 is 4.61. The molecule has 0 bridgehead atoms. The topological polar surface area (TPSA) is 338 Å². The number of hydrogen-bond acceptors (Lipinski definition) is 22. The lowest BCUT2D eigenvalue weighted by Crippen LogP contribution is -2.43. The van der Waals surface area contributed by atoms with Gasteiger partial charge in [-0.1, -0.05) is 27.7 Å². The first-order valence-corrected chi connectivity index (χ1v) is 32.7. The lowest BCUT2D eigenvalue weighted by Gasteiger charge is -2.30. The van der Waals surface area contributed by atoms with Crippen molar-refractivity contribution in [1.82, 2.24) is 25.3 Å². The highest BCUT2D eigenvalue weighted by Crippen LogP contribution is 2.22. The van der Waals surface area contributed by atoms with Crippen molar-refractivity contribution in [2.75, 3.05) is 71.5 Å². The summed E-state index contributed by atoms with van der Waals surface area (Å²) in [6.45, 7) is 41.0. The predicted molar refractivity (Wildman–Crippen MR) is 386 cm³/mol. The Morgan fingerprint density at radius 3 is 0.980 bits per heavy atom. The standard InChI is InChI=1S/C16H24N2O5.C16H24N2O3S.C16H26N2O3.C11H16N2O3.C6H4FNO2.C5H13NO/c1-12(2)17(15(19)23-16(3,4)5)10-11-22-14-8-6-13(7-9-14)18(20)21;1-12(2)18(15(19)21-16(3,4)5)10-11-20-14-8-6-13(17-22)7-9-14;1-12(2)18(15(19)21-16(3,4)5)10-11-20-14-8-6-13(17)7-9-14;1-9(2)12-7-8-16-11-5-3-10(4-6-11)13(14)15;7-5-1-3-6(4-2-5)8(9)10;1-5(2)6-3-4-7/h6-9,12H,10-11H2,1-5H3;6-9,12H,10-11H2,1-5H3;6-9,12H,10-11,17H2,1-5H3;3-6,9,12H,7-8H2,1-2H3;1-4H;5-7H,3-4H2,1-2H3. The van der Waals surface area contributed by atoms with E-state index < -0.39 is 37.4 Å². The number of nitro benzene ring substituents is 3. The Bertz CT molecular complexity index is 3110. The normalized spacial score (nSPS) is 10.8. The van der Waals surface area contributed by atoms with E-state index in [1.165, 1.54) is 36.4 Å². The second-order valence-electron chi connectivity index (χ2n) is 26.0. The minimum atomic E-state index is -0.570. The molecule has 0 unspecified atom stereocenters. The molecule has 99 heavy (non-hydrogen) atoms. The Morgan fingerprint density at radius 2 is 0.737 bits per heavy atom. The Hall–Kier alpha value is -9.06. The van der Waals surface area contributed by atoms with E-state index in [0.29, 0.717) is 75.3 Å². The first-order valence-electron chi connectivity index (χ1n) is 32.3. The lowest BCUT2D eigenvalue weighted by molar-refractivity contribution is -0.385. The molecule has 0 spiro atoms. The van der Waals surface area contributed by atoms with Gasteiger partial charge >= 0.3 is 18.3 Å². The largest absolute Gasteiger partial charge is 0.492 e. The highest BCUT2D eigenvalue weighted by molar-refractivity contribution is 7.47. The molecule has 0 aliphatic heterocycles. The minimum absolute atomic E-state index is 0.00918. The number of amides is 3. The van der Waals surface area contributed by atoms with Gasteiger partial charge in [0.1, 0.15) is 72.0 Å². The summed E-state index contributed by atoms with van der Waals surface area (Å²) in [5.74, 6) is 2.15. The van der Waals surface area contributed by atoms with E-state index in [9.17, 15) is 49.1 Å². The van der Waals surface area contributed by atoms with Gasteiger partial charge in [0.15, 0.2) is 0 Å². The first-order chi connectivity index (χ1) is 46.1. The fourth-order valence-electron chi connectivity index (χ4n) is 7.36. The van der Waals surface area contributed by atoms with Crippen LogP contribution in [0, 0.1) is 36.2 Å². The maximum atomic E-state index is 12.2. The van der Waals surface area contributed by atoms with Crippen LogP contribution in [0.15, 0.2) is 126 Å². The maximum Gasteiger partial charge on any atom is 0.410 e. The van der Waals surface area contributed by atoms with Crippen molar-refractivity contribution in [3.8, 4) is 23.0 Å². The van der Waals surface area contributed by atoms with Crippen LogP contribution in [0.4, 0.5) is 47.2 Å². The predicted octanol–water partition coefficient (Wildman–Crippen LogP) is 14.7. The van der Waals surface area contributed by atoms with Crippen LogP contribution in [0.3, 0.4) is 0 Å². The molecule has 0 atom stereocenters. The smallest absolute Gasteiger partial charge is 0.410 e. The van der Waals surface area contributed by atoms with Crippen LogP contribution >= 0.6 is 0 Å². The van der Waals surface area contributed by atoms with Gasteiger partial charge in [-0.15, -0.1) is 0 Å². The van der Waals surface area contributed by atoms with Crippen LogP contribution in [-0.2, 0) is 26.6 Å². The monoisotopic (exact) mass is 1410 g/mol. The van der Waals surface area contributed by atoms with Gasteiger partial charge in [-0.05, 0) is 189 Å². The van der Waals surface area contributed by atoms with Crippen molar-refractivity contribution >= 4 is 59.1 Å². The number of nitrogens with one attached hydrogen (secondary N) is 2. The molecule has 0 fully saturated rings. The number of carbonyl (C=O) groups is 3. The number of nitro groups is 3. The summed E-state index contributed by atoms with van der Waals surface area (Å²) in [4.78, 5) is 70.8. The highest BCUT2D eigenvalue weighted by Gasteiger charge is 2.27. The van der Waals surface area contributed by atoms with E-state index in [1.54, 1.807) is 63.2 Å². The molecule has 0 aliphatic rings. The van der Waals surface area contributed by atoms with Crippen molar-refractivity contribution < 1.29 is 71.8 Å². The fraction of sp³-hybridized carbons (Fsp3) is 0.529. The number of benzene rings is 5. The Morgan fingerprint density at radius 1 is 0.475 bits per heavy atom. The Kier molecular flexibility index (Phi) is 42.7. The highest BCUT2D eigenvalue weighted by atomic mass is 32.1. The van der Waals surface area contributed by atoms with E-state index in [-0.39, 0.29) is 66.7 Å². The summed E-state index contributed by atoms with van der Waals surface area (Å²) in [5, 5.41) is 45.5. The van der Waals surface area contributed by atoms with Gasteiger partial charge in [0.2, 0.25) is 0 Å². The number of aliphatic hydroxyl groups excluding tert-OH is 1. The number of ether oxygens (including phenoxy) is 7. The number of non-ortho nitro benzene ring substituents is 3. The molecule has 3 amide bonds. The number of carbonyl (C=O) groups excluding carboxylic acids is 3. The molecular formula is C70H107FN10O17S. The third-order valence-corrected chi connectivity index (χ3v) is 12.3. The lowest BCUT2D eigenvalue weighted by atomic mass is 10.2. The number of nitrogens with two attached hydrogens (primary N) is 1. The van der Waals surface area contributed by atoms with Gasteiger partial charge in [-0.25, -0.2) is 18.8 Å². The summed E-state index contributed by atoms with van der Waals surface area (Å²) in [6.07, 6.45) is -1.04. The van der Waals surface area contributed by atoms with Gasteiger partial charge in [-0.3, -0.25) is 30.3 Å². The summed E-state index contributed by atoms with van der Waals surface area (Å²) in [7, 11) is 0. The zero-order chi connectivity index (χ0) is 75.6. The molecule has 0 saturated heterocycles. The SMILES string of the molecule is CC(C)N(CCOc1ccc(N)cc1)C(=O)OC(C)(C)C.CC(C)N(CCOc1ccc(N=S)cc1)C(=O)OC(C)(C)C.CC(C)N(CCOc1ccc([N+](=O)[O-])cc1)C(=O)OC(C)(C)C.CC(C)NCCO.CC(C)NCCOc1ccc([N+](=O)[O-])cc1.O=[N+]([O-])c1ccc(F)cc1. The van der Waals surface area contributed by atoms with E-state index in [4.69, 9.17) is 44.0 Å². The number of rotatable bonds is 27. The van der Waals surface area contributed by atoms with Crippen LogP contribution in [0.25, 0.3) is 0 Å². The van der Waals surface area contributed by atoms with Crippen LogP contribution in [0.2, 0.25) is 0 Å². The molecule has 5 N–H and O–H groups in total. The zero-order valence-electron chi connectivity index (χ0n) is 61.0.